The van der Waals surface area contributed by atoms with Crippen molar-refractivity contribution in [1.82, 2.24) is 0 Å². The predicted octanol–water partition coefficient (Wildman–Crippen LogP) is 3.58. The summed E-state index contributed by atoms with van der Waals surface area (Å²) in [6, 6.07) is 3.72. The highest BCUT2D eigenvalue weighted by Gasteiger charge is 2.41. The van der Waals surface area contributed by atoms with Crippen LogP contribution in [-0.4, -0.2) is 13.6 Å². The second-order valence-electron chi connectivity index (χ2n) is 6.50. The molecule has 0 fully saturated rings. The lowest BCUT2D eigenvalue weighted by Crippen LogP contribution is -2.34. The van der Waals surface area contributed by atoms with E-state index in [4.69, 9.17) is 9.47 Å². The molecule has 0 heterocycles. The summed E-state index contributed by atoms with van der Waals surface area (Å²) in [5, 5.41) is 0. The van der Waals surface area contributed by atoms with Crippen LogP contribution in [0.25, 0.3) is 0 Å². The quantitative estimate of drug-likeness (QED) is 0.781. The van der Waals surface area contributed by atoms with E-state index < -0.39 is 0 Å². The second-order valence-corrected chi connectivity index (χ2v) is 6.50. The van der Waals surface area contributed by atoms with Crippen molar-refractivity contribution in [2.24, 2.45) is 0 Å². The maximum Gasteiger partial charge on any atom is 0.298 e. The van der Waals surface area contributed by atoms with Crippen LogP contribution in [0.1, 0.15) is 51.7 Å². The maximum absolute atomic E-state index is 10.7. The summed E-state index contributed by atoms with van der Waals surface area (Å²) >= 11 is 0. The van der Waals surface area contributed by atoms with Crippen LogP contribution in [0.3, 0.4) is 0 Å². The number of hydrogen-bond acceptors (Lipinski definition) is 3. The zero-order chi connectivity index (χ0) is 14.3. The van der Waals surface area contributed by atoms with Gasteiger partial charge in [-0.1, -0.05) is 27.7 Å². The minimum absolute atomic E-state index is 0.0161. The number of rotatable bonds is 3. The Morgan fingerprint density at radius 2 is 1.47 bits per heavy atom. The molecule has 104 valence electrons. The Morgan fingerprint density at radius 1 is 1.00 bits per heavy atom. The molecule has 1 aliphatic rings. The van der Waals surface area contributed by atoms with Gasteiger partial charge in [-0.2, -0.15) is 0 Å². The first-order valence-electron chi connectivity index (χ1n) is 6.66. The molecule has 0 atom stereocenters. The number of hydrogen-bond donors (Lipinski definition) is 0. The van der Waals surface area contributed by atoms with Gasteiger partial charge in [0.2, 0.25) is 0 Å². The van der Waals surface area contributed by atoms with Crippen molar-refractivity contribution >= 4 is 6.47 Å². The number of methoxy groups -OCH3 is 1. The fraction of sp³-hybridized carbons (Fsp3) is 0.562. The van der Waals surface area contributed by atoms with E-state index >= 15 is 0 Å². The molecule has 0 unspecified atom stereocenters. The molecule has 0 saturated heterocycles. The molecule has 19 heavy (non-hydrogen) atoms. The second kappa shape index (κ2) is 4.55. The van der Waals surface area contributed by atoms with Crippen molar-refractivity contribution in [1.29, 1.82) is 0 Å². The van der Waals surface area contributed by atoms with Crippen LogP contribution in [0.5, 0.6) is 11.5 Å². The monoisotopic (exact) mass is 262 g/mol. The van der Waals surface area contributed by atoms with E-state index in [1.54, 1.807) is 7.11 Å². The molecule has 0 bridgehead atoms. The van der Waals surface area contributed by atoms with Crippen LogP contribution in [0.15, 0.2) is 12.1 Å². The maximum atomic E-state index is 10.7. The van der Waals surface area contributed by atoms with Gasteiger partial charge >= 0.3 is 0 Å². The minimum Gasteiger partial charge on any atom is -0.496 e. The minimum atomic E-state index is -0.0161. The SMILES string of the molecule is COc1ccc(OC=O)c2c1C(C)(C)CCC2(C)C. The lowest BCUT2D eigenvalue weighted by atomic mass is 9.62. The van der Waals surface area contributed by atoms with Gasteiger partial charge in [0.25, 0.3) is 6.47 Å². The molecule has 0 aliphatic heterocycles. The third-order valence-corrected chi connectivity index (χ3v) is 4.25. The zero-order valence-electron chi connectivity index (χ0n) is 12.4. The smallest absolute Gasteiger partial charge is 0.298 e. The molecule has 0 spiro atoms. The average Bonchev–Trinajstić information content (AvgIpc) is 2.35. The Bertz CT molecular complexity index is 501. The van der Waals surface area contributed by atoms with Crippen molar-refractivity contribution in [2.45, 2.75) is 51.4 Å². The topological polar surface area (TPSA) is 35.5 Å². The van der Waals surface area contributed by atoms with E-state index in [0.29, 0.717) is 12.2 Å². The summed E-state index contributed by atoms with van der Waals surface area (Å²) in [6.07, 6.45) is 2.16. The van der Waals surface area contributed by atoms with Gasteiger partial charge in [-0.25, -0.2) is 0 Å². The highest BCUT2D eigenvalue weighted by atomic mass is 16.5. The van der Waals surface area contributed by atoms with Gasteiger partial charge in [0.05, 0.1) is 7.11 Å². The van der Waals surface area contributed by atoms with Gasteiger partial charge < -0.3 is 9.47 Å². The summed E-state index contributed by atoms with van der Waals surface area (Å²) in [5.74, 6) is 1.54. The zero-order valence-corrected chi connectivity index (χ0v) is 12.4. The Morgan fingerprint density at radius 3 is 1.95 bits per heavy atom. The molecule has 3 nitrogen and oxygen atoms in total. The summed E-state index contributed by atoms with van der Waals surface area (Å²) in [4.78, 5) is 10.7. The van der Waals surface area contributed by atoms with E-state index in [-0.39, 0.29) is 10.8 Å². The summed E-state index contributed by atoms with van der Waals surface area (Å²) in [6.45, 7) is 9.32. The van der Waals surface area contributed by atoms with Gasteiger partial charge in [0, 0.05) is 11.1 Å². The number of carbonyl (C=O) groups excluding carboxylic acids is 1. The average molecular weight is 262 g/mol. The molecule has 0 amide bonds. The number of carbonyl (C=O) groups is 1. The standard InChI is InChI=1S/C16H22O3/c1-15(2)8-9-16(3,4)14-12(19-10-17)7-6-11(18-5)13(14)15/h6-7,10H,8-9H2,1-5H3. The highest BCUT2D eigenvalue weighted by Crippen LogP contribution is 2.52. The fourth-order valence-electron chi connectivity index (χ4n) is 3.10. The van der Waals surface area contributed by atoms with Crippen molar-refractivity contribution in [2.75, 3.05) is 7.11 Å². The van der Waals surface area contributed by atoms with Crippen molar-refractivity contribution in [3.05, 3.63) is 23.3 Å². The molecule has 0 N–H and O–H groups in total. The Hall–Kier alpha value is -1.51. The van der Waals surface area contributed by atoms with Crippen LogP contribution in [0.2, 0.25) is 0 Å². The molecule has 0 aromatic heterocycles. The highest BCUT2D eigenvalue weighted by molar-refractivity contribution is 5.59. The third kappa shape index (κ3) is 2.22. The van der Waals surface area contributed by atoms with Crippen LogP contribution in [0, 0.1) is 0 Å². The first kappa shape index (κ1) is 13.9. The summed E-state index contributed by atoms with van der Waals surface area (Å²) < 4.78 is 10.7. The summed E-state index contributed by atoms with van der Waals surface area (Å²) in [7, 11) is 1.69. The molecule has 3 heteroatoms. The van der Waals surface area contributed by atoms with Crippen LogP contribution >= 0.6 is 0 Å². The van der Waals surface area contributed by atoms with Crippen molar-refractivity contribution in [3.63, 3.8) is 0 Å². The number of fused-ring (bicyclic) bond motifs is 1. The first-order chi connectivity index (χ1) is 8.83. The normalized spacial score (nSPS) is 19.4. The van der Waals surface area contributed by atoms with Gasteiger partial charge in [0.15, 0.2) is 0 Å². The van der Waals surface area contributed by atoms with Crippen LogP contribution in [0.4, 0.5) is 0 Å². The third-order valence-electron chi connectivity index (χ3n) is 4.25. The summed E-state index contributed by atoms with van der Waals surface area (Å²) in [5.41, 5.74) is 2.29. The molecule has 1 aromatic rings. The van der Waals surface area contributed by atoms with Crippen LogP contribution < -0.4 is 9.47 Å². The first-order valence-corrected chi connectivity index (χ1v) is 6.66. The predicted molar refractivity (Wildman–Crippen MR) is 75.0 cm³/mol. The molecular formula is C16H22O3. The van der Waals surface area contributed by atoms with Crippen LogP contribution in [-0.2, 0) is 15.6 Å². The van der Waals surface area contributed by atoms with Crippen molar-refractivity contribution < 1.29 is 14.3 Å². The van der Waals surface area contributed by atoms with Crippen molar-refractivity contribution in [3.8, 4) is 11.5 Å². The van der Waals surface area contributed by atoms with E-state index in [1.807, 2.05) is 12.1 Å². The van der Waals surface area contributed by atoms with Gasteiger partial charge in [0.1, 0.15) is 11.5 Å². The fourth-order valence-corrected chi connectivity index (χ4v) is 3.10. The molecule has 2 rings (SSSR count). The van der Waals surface area contributed by atoms with E-state index in [2.05, 4.69) is 27.7 Å². The lowest BCUT2D eigenvalue weighted by molar-refractivity contribution is -0.120. The Balaban J connectivity index is 2.77. The Kier molecular flexibility index (Phi) is 3.33. The number of ether oxygens (including phenoxy) is 2. The largest absolute Gasteiger partial charge is 0.496 e. The van der Waals surface area contributed by atoms with E-state index in [9.17, 15) is 4.79 Å². The molecular weight excluding hydrogens is 240 g/mol. The number of benzene rings is 1. The molecule has 1 aromatic carbocycles. The lowest BCUT2D eigenvalue weighted by Gasteiger charge is -2.42. The molecule has 0 saturated carbocycles. The van der Waals surface area contributed by atoms with Gasteiger partial charge in [-0.15, -0.1) is 0 Å². The Labute approximate surface area is 114 Å². The molecule has 0 radical (unpaired) electrons. The van der Waals surface area contributed by atoms with E-state index in [0.717, 1.165) is 24.2 Å². The van der Waals surface area contributed by atoms with Gasteiger partial charge in [-0.05, 0) is 35.8 Å². The van der Waals surface area contributed by atoms with E-state index in [1.165, 1.54) is 5.56 Å². The van der Waals surface area contributed by atoms with Gasteiger partial charge in [-0.3, -0.25) is 4.79 Å². The molecule has 1 aliphatic carbocycles.